The highest BCUT2D eigenvalue weighted by molar-refractivity contribution is 6.04. The Morgan fingerprint density at radius 1 is 0.833 bits per heavy atom. The van der Waals surface area contributed by atoms with Gasteiger partial charge >= 0.3 is 5.97 Å². The molecule has 0 saturated heterocycles. The number of amides is 2. The van der Waals surface area contributed by atoms with Gasteiger partial charge in [-0.1, -0.05) is 65.7 Å². The molecule has 0 fully saturated rings. The van der Waals surface area contributed by atoms with Gasteiger partial charge in [0.05, 0.1) is 18.3 Å². The number of ether oxygens (including phenoxy) is 1. The van der Waals surface area contributed by atoms with Crippen LogP contribution < -0.4 is 15.5 Å². The van der Waals surface area contributed by atoms with E-state index in [-0.39, 0.29) is 12.5 Å². The molecule has 7 heteroatoms. The second-order valence-corrected chi connectivity index (χ2v) is 8.30. The molecule has 180 valence electrons. The van der Waals surface area contributed by atoms with Crippen LogP contribution in [-0.2, 0) is 4.79 Å². The first-order chi connectivity index (χ1) is 17.4. The first-order valence-corrected chi connectivity index (χ1v) is 11.4. The summed E-state index contributed by atoms with van der Waals surface area (Å²) in [5.41, 5.74) is 5.83. The van der Waals surface area contributed by atoms with E-state index in [1.807, 2.05) is 62.4 Å². The summed E-state index contributed by atoms with van der Waals surface area (Å²) < 4.78 is 5.67. The smallest absolute Gasteiger partial charge is 0.343 e. The molecule has 0 aliphatic heterocycles. The summed E-state index contributed by atoms with van der Waals surface area (Å²) in [5, 5.41) is 8.34. The van der Waals surface area contributed by atoms with Gasteiger partial charge in [0.25, 0.3) is 11.8 Å². The SMILES string of the molecule is Cc1ccc(C(=O)Oc2ccc3ccccc3c2C=NNC(=O)CNC(=O)c2cccc(C)c2)cc1. The number of nitrogens with one attached hydrogen (secondary N) is 2. The summed E-state index contributed by atoms with van der Waals surface area (Å²) in [6.07, 6.45) is 1.43. The molecule has 2 amide bonds. The molecule has 0 saturated carbocycles. The Hall–Kier alpha value is -4.78. The van der Waals surface area contributed by atoms with Gasteiger partial charge < -0.3 is 10.1 Å². The quantitative estimate of drug-likeness (QED) is 0.176. The van der Waals surface area contributed by atoms with Crippen molar-refractivity contribution in [1.29, 1.82) is 0 Å². The number of rotatable bonds is 7. The van der Waals surface area contributed by atoms with E-state index in [4.69, 9.17) is 4.74 Å². The molecular formula is C29H25N3O4. The van der Waals surface area contributed by atoms with Crippen LogP contribution in [0.2, 0.25) is 0 Å². The van der Waals surface area contributed by atoms with E-state index < -0.39 is 11.9 Å². The Labute approximate surface area is 208 Å². The number of esters is 1. The van der Waals surface area contributed by atoms with Crippen LogP contribution in [0.5, 0.6) is 5.75 Å². The van der Waals surface area contributed by atoms with Crippen LogP contribution in [0.25, 0.3) is 10.8 Å². The van der Waals surface area contributed by atoms with Gasteiger partial charge in [-0.25, -0.2) is 10.2 Å². The monoisotopic (exact) mass is 479 g/mol. The Morgan fingerprint density at radius 3 is 2.39 bits per heavy atom. The van der Waals surface area contributed by atoms with Gasteiger partial charge in [-0.3, -0.25) is 9.59 Å². The van der Waals surface area contributed by atoms with Crippen molar-refractivity contribution in [3.05, 3.63) is 113 Å². The van der Waals surface area contributed by atoms with E-state index in [2.05, 4.69) is 15.8 Å². The van der Waals surface area contributed by atoms with E-state index in [1.165, 1.54) is 6.21 Å². The third-order valence-corrected chi connectivity index (χ3v) is 5.49. The molecule has 0 aliphatic carbocycles. The summed E-state index contributed by atoms with van der Waals surface area (Å²) in [6.45, 7) is 3.59. The van der Waals surface area contributed by atoms with E-state index in [0.717, 1.165) is 21.9 Å². The molecule has 4 rings (SSSR count). The van der Waals surface area contributed by atoms with Gasteiger partial charge in [0.2, 0.25) is 0 Å². The minimum atomic E-state index is -0.497. The van der Waals surface area contributed by atoms with Crippen molar-refractivity contribution in [1.82, 2.24) is 10.7 Å². The topological polar surface area (TPSA) is 96.9 Å². The molecule has 0 unspecified atom stereocenters. The number of carbonyl (C=O) groups excluding carboxylic acids is 3. The van der Waals surface area contributed by atoms with Crippen LogP contribution in [-0.4, -0.2) is 30.5 Å². The van der Waals surface area contributed by atoms with Crippen LogP contribution in [0.15, 0.2) is 90.0 Å². The standard InChI is InChI=1S/C29H25N3O4/c1-19-10-12-22(13-11-19)29(35)36-26-15-14-21-7-3-4-9-24(21)25(26)17-31-32-27(33)18-30-28(34)23-8-5-6-20(2)16-23/h3-17H,18H2,1-2H3,(H,30,34)(H,32,33). The zero-order valence-electron chi connectivity index (χ0n) is 19.9. The van der Waals surface area contributed by atoms with E-state index in [1.54, 1.807) is 36.4 Å². The average Bonchev–Trinajstić information content (AvgIpc) is 2.88. The number of hydrogen-bond donors (Lipinski definition) is 2. The molecule has 0 spiro atoms. The Kier molecular flexibility index (Phi) is 7.51. The molecule has 4 aromatic carbocycles. The van der Waals surface area contributed by atoms with E-state index in [9.17, 15) is 14.4 Å². The number of fused-ring (bicyclic) bond motifs is 1. The fourth-order valence-corrected chi connectivity index (χ4v) is 3.60. The lowest BCUT2D eigenvalue weighted by atomic mass is 10.0. The molecule has 36 heavy (non-hydrogen) atoms. The highest BCUT2D eigenvalue weighted by atomic mass is 16.5. The molecule has 0 heterocycles. The van der Waals surface area contributed by atoms with Gasteiger partial charge in [0.1, 0.15) is 5.75 Å². The molecule has 0 bridgehead atoms. The molecule has 4 aromatic rings. The number of benzene rings is 4. The van der Waals surface area contributed by atoms with Crippen molar-refractivity contribution < 1.29 is 19.1 Å². The Morgan fingerprint density at radius 2 is 1.61 bits per heavy atom. The summed E-state index contributed by atoms with van der Waals surface area (Å²) in [5.74, 6) is -1.03. The first-order valence-electron chi connectivity index (χ1n) is 11.4. The number of nitrogens with zero attached hydrogens (tertiary/aromatic N) is 1. The largest absolute Gasteiger partial charge is 0.422 e. The first kappa shape index (κ1) is 24.3. The molecule has 0 aromatic heterocycles. The van der Waals surface area contributed by atoms with Gasteiger partial charge in [-0.15, -0.1) is 0 Å². The molecule has 0 aliphatic rings. The second kappa shape index (κ2) is 11.1. The number of carbonyl (C=O) groups is 3. The van der Waals surface area contributed by atoms with Crippen LogP contribution >= 0.6 is 0 Å². The Balaban J connectivity index is 1.47. The maximum absolute atomic E-state index is 12.7. The predicted octanol–water partition coefficient (Wildman–Crippen LogP) is 4.56. The van der Waals surface area contributed by atoms with Crippen molar-refractivity contribution >= 4 is 34.8 Å². The maximum Gasteiger partial charge on any atom is 0.343 e. The minimum Gasteiger partial charge on any atom is -0.422 e. The van der Waals surface area contributed by atoms with E-state index >= 15 is 0 Å². The molecule has 0 radical (unpaired) electrons. The number of aryl methyl sites for hydroxylation is 2. The van der Waals surface area contributed by atoms with Crippen molar-refractivity contribution in [2.75, 3.05) is 6.54 Å². The molecule has 7 nitrogen and oxygen atoms in total. The zero-order valence-corrected chi connectivity index (χ0v) is 19.9. The maximum atomic E-state index is 12.7. The fourth-order valence-electron chi connectivity index (χ4n) is 3.60. The summed E-state index contributed by atoms with van der Waals surface area (Å²) in [4.78, 5) is 37.2. The fraction of sp³-hybridized carbons (Fsp3) is 0.103. The molecule has 0 atom stereocenters. The van der Waals surface area contributed by atoms with Crippen molar-refractivity contribution in [3.8, 4) is 5.75 Å². The second-order valence-electron chi connectivity index (χ2n) is 8.30. The third-order valence-electron chi connectivity index (χ3n) is 5.49. The minimum absolute atomic E-state index is 0.241. The number of hydrazone groups is 1. The van der Waals surface area contributed by atoms with Crippen molar-refractivity contribution in [3.63, 3.8) is 0 Å². The van der Waals surface area contributed by atoms with Gasteiger partial charge in [0.15, 0.2) is 0 Å². The predicted molar refractivity (Wildman–Crippen MR) is 139 cm³/mol. The molecule has 2 N–H and O–H groups in total. The summed E-state index contributed by atoms with van der Waals surface area (Å²) in [6, 6.07) is 25.3. The zero-order chi connectivity index (χ0) is 25.5. The van der Waals surface area contributed by atoms with E-state index in [0.29, 0.717) is 22.4 Å². The van der Waals surface area contributed by atoms with Crippen molar-refractivity contribution in [2.24, 2.45) is 5.10 Å². The van der Waals surface area contributed by atoms with Gasteiger partial charge in [0, 0.05) is 11.1 Å². The van der Waals surface area contributed by atoms with Crippen LogP contribution in [0.1, 0.15) is 37.4 Å². The summed E-state index contributed by atoms with van der Waals surface area (Å²) in [7, 11) is 0. The van der Waals surface area contributed by atoms with Gasteiger partial charge in [-0.2, -0.15) is 5.10 Å². The summed E-state index contributed by atoms with van der Waals surface area (Å²) >= 11 is 0. The van der Waals surface area contributed by atoms with Crippen LogP contribution in [0, 0.1) is 13.8 Å². The normalized spacial score (nSPS) is 10.8. The highest BCUT2D eigenvalue weighted by Crippen LogP contribution is 2.27. The lowest BCUT2D eigenvalue weighted by molar-refractivity contribution is -0.120. The van der Waals surface area contributed by atoms with Crippen molar-refractivity contribution in [2.45, 2.75) is 13.8 Å². The van der Waals surface area contributed by atoms with Gasteiger partial charge in [-0.05, 0) is 55.0 Å². The Bertz CT molecular complexity index is 1460. The molecular weight excluding hydrogens is 454 g/mol. The van der Waals surface area contributed by atoms with Crippen LogP contribution in [0.4, 0.5) is 0 Å². The average molecular weight is 480 g/mol. The lowest BCUT2D eigenvalue weighted by Gasteiger charge is -2.11. The van der Waals surface area contributed by atoms with Crippen LogP contribution in [0.3, 0.4) is 0 Å². The highest BCUT2D eigenvalue weighted by Gasteiger charge is 2.14. The lowest BCUT2D eigenvalue weighted by Crippen LogP contribution is -2.34. The third kappa shape index (κ3) is 6.01. The number of hydrogen-bond acceptors (Lipinski definition) is 5.